The highest BCUT2D eigenvalue weighted by molar-refractivity contribution is 6.21. The highest BCUT2D eigenvalue weighted by Crippen LogP contribution is 2.57. The Kier molecular flexibility index (Phi) is 2.38. The molecule has 0 aromatic heterocycles. The SMILES string of the molecule is CN1C(=O)C2=C(C1=O)[C@@H]1NN[C@H]2[C@]2(CCCO2)[C@@]12CCCO2. The van der Waals surface area contributed by atoms with Crippen molar-refractivity contribution in [2.45, 2.75) is 49.0 Å². The van der Waals surface area contributed by atoms with Crippen molar-refractivity contribution < 1.29 is 19.1 Å². The molecule has 2 bridgehead atoms. The standard InChI is InChI=1S/C15H19N3O4/c1-18-12(19)8-9(13(18)20)11-15(5-3-7-22-15)14(4-2-6-21-14)10(8)16-17-11/h10-11,16-17H,2-7H2,1H3/t10-,11+,14-,15-/m1/s1. The molecule has 7 heteroatoms. The van der Waals surface area contributed by atoms with Crippen LogP contribution in [0.2, 0.25) is 0 Å². The summed E-state index contributed by atoms with van der Waals surface area (Å²) in [5, 5.41) is 0. The van der Waals surface area contributed by atoms with Crippen LogP contribution < -0.4 is 10.9 Å². The van der Waals surface area contributed by atoms with Crippen LogP contribution in [0.1, 0.15) is 25.7 Å². The Morgan fingerprint density at radius 2 is 1.41 bits per heavy atom. The summed E-state index contributed by atoms with van der Waals surface area (Å²) in [4.78, 5) is 26.4. The number of nitrogens with zero attached hydrogens (tertiary/aromatic N) is 1. The zero-order valence-corrected chi connectivity index (χ0v) is 12.5. The molecule has 7 nitrogen and oxygen atoms in total. The van der Waals surface area contributed by atoms with Crippen molar-refractivity contribution >= 4 is 11.8 Å². The quantitative estimate of drug-likeness (QED) is 0.573. The van der Waals surface area contributed by atoms with E-state index in [1.807, 2.05) is 0 Å². The second kappa shape index (κ2) is 3.97. The van der Waals surface area contributed by atoms with Crippen LogP contribution in [0.4, 0.5) is 0 Å². The Labute approximate surface area is 128 Å². The maximum Gasteiger partial charge on any atom is 0.258 e. The van der Waals surface area contributed by atoms with E-state index >= 15 is 0 Å². The van der Waals surface area contributed by atoms with Crippen molar-refractivity contribution in [3.05, 3.63) is 11.1 Å². The molecule has 118 valence electrons. The molecule has 0 unspecified atom stereocenters. The van der Waals surface area contributed by atoms with Crippen LogP contribution in [0, 0.1) is 0 Å². The highest BCUT2D eigenvalue weighted by Gasteiger charge is 2.73. The number of likely N-dealkylation sites (N-methyl/N-ethyl adjacent to an activating group) is 1. The van der Waals surface area contributed by atoms with Gasteiger partial charge in [-0.05, 0) is 25.7 Å². The highest BCUT2D eigenvalue weighted by atomic mass is 16.6. The van der Waals surface area contributed by atoms with Gasteiger partial charge >= 0.3 is 0 Å². The fraction of sp³-hybridized carbons (Fsp3) is 0.733. The van der Waals surface area contributed by atoms with E-state index < -0.39 is 11.2 Å². The zero-order chi connectivity index (χ0) is 15.1. The van der Waals surface area contributed by atoms with Crippen molar-refractivity contribution in [3.8, 4) is 0 Å². The van der Waals surface area contributed by atoms with E-state index in [-0.39, 0.29) is 23.9 Å². The van der Waals surface area contributed by atoms with Gasteiger partial charge in [-0.15, -0.1) is 0 Å². The number of carbonyl (C=O) groups excluding carboxylic acids is 2. The molecule has 2 N–H and O–H groups in total. The Balaban J connectivity index is 1.76. The molecular weight excluding hydrogens is 286 g/mol. The van der Waals surface area contributed by atoms with E-state index in [4.69, 9.17) is 9.47 Å². The van der Waals surface area contributed by atoms with Gasteiger partial charge in [0.1, 0.15) is 11.2 Å². The summed E-state index contributed by atoms with van der Waals surface area (Å²) < 4.78 is 12.5. The van der Waals surface area contributed by atoms with Crippen molar-refractivity contribution in [1.82, 2.24) is 15.8 Å². The van der Waals surface area contributed by atoms with Gasteiger partial charge in [0.2, 0.25) is 0 Å². The number of ether oxygens (including phenoxy) is 2. The van der Waals surface area contributed by atoms with E-state index in [0.717, 1.165) is 25.7 Å². The molecule has 3 fully saturated rings. The Morgan fingerprint density at radius 1 is 0.955 bits per heavy atom. The molecule has 6 aliphatic rings. The molecule has 2 amide bonds. The van der Waals surface area contributed by atoms with Crippen LogP contribution in [-0.4, -0.2) is 60.3 Å². The topological polar surface area (TPSA) is 79.9 Å². The van der Waals surface area contributed by atoms with Gasteiger partial charge in [0.05, 0.1) is 12.1 Å². The van der Waals surface area contributed by atoms with Gasteiger partial charge in [-0.25, -0.2) is 10.9 Å². The third-order valence-electron chi connectivity index (χ3n) is 6.06. The smallest absolute Gasteiger partial charge is 0.258 e. The van der Waals surface area contributed by atoms with Crippen LogP contribution in [0.25, 0.3) is 0 Å². The summed E-state index contributed by atoms with van der Waals surface area (Å²) in [6.07, 6.45) is 3.61. The third kappa shape index (κ3) is 1.18. The van der Waals surface area contributed by atoms with Crippen LogP contribution in [0.15, 0.2) is 11.1 Å². The minimum absolute atomic E-state index is 0.202. The molecule has 2 spiro atoms. The predicted octanol–water partition coefficient (Wildman–Crippen LogP) is -0.761. The lowest BCUT2D eigenvalue weighted by Gasteiger charge is -2.60. The van der Waals surface area contributed by atoms with Gasteiger partial charge in [-0.1, -0.05) is 0 Å². The van der Waals surface area contributed by atoms with Gasteiger partial charge in [0.15, 0.2) is 0 Å². The number of hydrogen-bond donors (Lipinski definition) is 2. The average molecular weight is 305 g/mol. The fourth-order valence-electron chi connectivity index (χ4n) is 5.19. The van der Waals surface area contributed by atoms with Crippen LogP contribution in [0.5, 0.6) is 0 Å². The number of carbonyl (C=O) groups is 2. The Morgan fingerprint density at radius 3 is 1.77 bits per heavy atom. The second-order valence-electron chi connectivity index (χ2n) is 6.83. The molecular formula is C15H19N3O4. The third-order valence-corrected chi connectivity index (χ3v) is 6.06. The summed E-state index contributed by atoms with van der Waals surface area (Å²) in [5.41, 5.74) is 6.55. The zero-order valence-electron chi connectivity index (χ0n) is 12.5. The maximum absolute atomic E-state index is 12.6. The minimum atomic E-state index is -0.542. The molecule has 1 aliphatic carbocycles. The van der Waals surface area contributed by atoms with Crippen LogP contribution in [-0.2, 0) is 19.1 Å². The molecule has 0 radical (unpaired) electrons. The summed E-state index contributed by atoms with van der Waals surface area (Å²) in [6.45, 7) is 1.35. The molecule has 0 aromatic rings. The van der Waals surface area contributed by atoms with Crippen molar-refractivity contribution in [2.75, 3.05) is 20.3 Å². The summed E-state index contributed by atoms with van der Waals surface area (Å²) >= 11 is 0. The van der Waals surface area contributed by atoms with Crippen LogP contribution >= 0.6 is 0 Å². The first-order valence-electron chi connectivity index (χ1n) is 7.98. The number of amides is 2. The Bertz CT molecular complexity index is 564. The molecule has 6 rings (SSSR count). The lowest BCUT2D eigenvalue weighted by molar-refractivity contribution is -0.214. The molecule has 0 saturated carbocycles. The van der Waals surface area contributed by atoms with Crippen molar-refractivity contribution in [3.63, 3.8) is 0 Å². The largest absolute Gasteiger partial charge is 0.370 e. The normalized spacial score (nSPS) is 46.7. The summed E-state index contributed by atoms with van der Waals surface area (Å²) in [7, 11) is 1.55. The van der Waals surface area contributed by atoms with Gasteiger partial charge in [0, 0.05) is 31.4 Å². The maximum atomic E-state index is 12.6. The molecule has 4 atom stereocenters. The van der Waals surface area contributed by atoms with E-state index in [1.165, 1.54) is 4.90 Å². The first kappa shape index (κ1) is 13.2. The molecule has 5 heterocycles. The van der Waals surface area contributed by atoms with E-state index in [1.54, 1.807) is 7.05 Å². The average Bonchev–Trinajstić information content (AvgIpc) is 3.23. The first-order chi connectivity index (χ1) is 10.6. The predicted molar refractivity (Wildman–Crippen MR) is 74.5 cm³/mol. The van der Waals surface area contributed by atoms with E-state index in [9.17, 15) is 9.59 Å². The molecule has 3 saturated heterocycles. The number of nitrogens with one attached hydrogen (secondary N) is 2. The molecule has 22 heavy (non-hydrogen) atoms. The number of fused-ring (bicyclic) bond motifs is 1. The van der Waals surface area contributed by atoms with E-state index in [2.05, 4.69) is 10.9 Å². The summed E-state index contributed by atoms with van der Waals surface area (Å²) in [5.74, 6) is -0.404. The fourth-order valence-corrected chi connectivity index (χ4v) is 5.19. The van der Waals surface area contributed by atoms with Gasteiger partial charge in [-0.3, -0.25) is 14.5 Å². The van der Waals surface area contributed by atoms with Crippen molar-refractivity contribution in [2.24, 2.45) is 0 Å². The Hall–Kier alpha value is -1.28. The monoisotopic (exact) mass is 305 g/mol. The van der Waals surface area contributed by atoms with Crippen LogP contribution in [0.3, 0.4) is 0 Å². The first-order valence-corrected chi connectivity index (χ1v) is 7.98. The van der Waals surface area contributed by atoms with Gasteiger partial charge in [-0.2, -0.15) is 0 Å². The van der Waals surface area contributed by atoms with Crippen molar-refractivity contribution in [1.29, 1.82) is 0 Å². The summed E-state index contributed by atoms with van der Waals surface area (Å²) in [6, 6.07) is -0.649. The number of hydrogen-bond acceptors (Lipinski definition) is 6. The van der Waals surface area contributed by atoms with E-state index in [0.29, 0.717) is 24.4 Å². The van der Waals surface area contributed by atoms with Gasteiger partial charge < -0.3 is 9.47 Å². The lowest BCUT2D eigenvalue weighted by Crippen LogP contribution is -2.82. The number of imide groups is 1. The molecule has 5 aliphatic heterocycles. The molecule has 0 aromatic carbocycles. The lowest BCUT2D eigenvalue weighted by atomic mass is 9.60. The number of rotatable bonds is 0. The van der Waals surface area contributed by atoms with Gasteiger partial charge in [0.25, 0.3) is 11.8 Å². The minimum Gasteiger partial charge on any atom is -0.370 e. The second-order valence-corrected chi connectivity index (χ2v) is 6.83. The number of hydrazine groups is 1.